The summed E-state index contributed by atoms with van der Waals surface area (Å²) < 4.78 is 1.80. The van der Waals surface area contributed by atoms with E-state index in [9.17, 15) is 9.59 Å². The number of halogens is 1. The quantitative estimate of drug-likeness (QED) is 0.418. The van der Waals surface area contributed by atoms with E-state index in [1.807, 2.05) is 42.5 Å². The maximum absolute atomic E-state index is 13.0. The van der Waals surface area contributed by atoms with Crippen LogP contribution in [-0.2, 0) is 13.0 Å². The van der Waals surface area contributed by atoms with Crippen molar-refractivity contribution in [2.75, 3.05) is 6.54 Å². The van der Waals surface area contributed by atoms with Gasteiger partial charge in [-0.15, -0.1) is 0 Å². The van der Waals surface area contributed by atoms with Crippen LogP contribution in [0, 0.1) is 4.77 Å². The number of benzene rings is 3. The molecule has 4 aromatic rings. The number of H-pyrrole nitrogens is 1. The molecule has 31 heavy (non-hydrogen) atoms. The maximum atomic E-state index is 13.0. The lowest BCUT2D eigenvalue weighted by Crippen LogP contribution is -2.26. The molecule has 0 saturated heterocycles. The second-order valence-electron chi connectivity index (χ2n) is 7.20. The van der Waals surface area contributed by atoms with E-state index in [0.29, 0.717) is 39.3 Å². The van der Waals surface area contributed by atoms with Gasteiger partial charge in [-0.05, 0) is 60.1 Å². The van der Waals surface area contributed by atoms with E-state index in [4.69, 9.17) is 23.8 Å². The number of rotatable bonds is 6. The van der Waals surface area contributed by atoms with Crippen molar-refractivity contribution in [2.45, 2.75) is 13.0 Å². The van der Waals surface area contributed by atoms with Gasteiger partial charge in [0, 0.05) is 17.1 Å². The smallest absolute Gasteiger partial charge is 0.262 e. The number of aromatic amines is 1. The molecule has 0 unspecified atom stereocenters. The molecule has 3 aromatic carbocycles. The average Bonchev–Trinajstić information content (AvgIpc) is 2.78. The van der Waals surface area contributed by atoms with Crippen LogP contribution >= 0.6 is 23.8 Å². The Morgan fingerprint density at radius 1 is 1.00 bits per heavy atom. The fraction of sp³-hybridized carbons (Fsp3) is 0.125. The molecule has 0 saturated carbocycles. The van der Waals surface area contributed by atoms with Gasteiger partial charge in [0.25, 0.3) is 11.5 Å². The number of nitrogens with zero attached hydrogens (tertiary/aromatic N) is 1. The number of nitrogens with one attached hydrogen (secondary N) is 2. The van der Waals surface area contributed by atoms with E-state index in [1.165, 1.54) is 4.57 Å². The van der Waals surface area contributed by atoms with E-state index in [1.54, 1.807) is 30.3 Å². The summed E-state index contributed by atoms with van der Waals surface area (Å²) in [5.74, 6) is -0.192. The van der Waals surface area contributed by atoms with Gasteiger partial charge < -0.3 is 10.3 Å². The van der Waals surface area contributed by atoms with Crippen molar-refractivity contribution in [3.63, 3.8) is 0 Å². The van der Waals surface area contributed by atoms with Gasteiger partial charge in [-0.25, -0.2) is 0 Å². The predicted octanol–water partition coefficient (Wildman–Crippen LogP) is 4.73. The Hall–Kier alpha value is -3.22. The van der Waals surface area contributed by atoms with Gasteiger partial charge >= 0.3 is 0 Å². The van der Waals surface area contributed by atoms with Crippen molar-refractivity contribution >= 4 is 40.6 Å². The molecule has 1 heterocycles. The van der Waals surface area contributed by atoms with E-state index in [2.05, 4.69) is 10.3 Å². The first-order valence-corrected chi connectivity index (χ1v) is 10.6. The Labute approximate surface area is 189 Å². The topological polar surface area (TPSA) is 66.9 Å². The summed E-state index contributed by atoms with van der Waals surface area (Å²) in [5.41, 5.74) is 2.88. The van der Waals surface area contributed by atoms with E-state index >= 15 is 0 Å². The van der Waals surface area contributed by atoms with E-state index in [0.717, 1.165) is 17.5 Å². The molecular weight excluding hydrogens is 430 g/mol. The summed E-state index contributed by atoms with van der Waals surface area (Å²) in [7, 11) is 0. The van der Waals surface area contributed by atoms with E-state index in [-0.39, 0.29) is 11.5 Å². The molecule has 1 aromatic heterocycles. The number of aromatic nitrogens is 2. The summed E-state index contributed by atoms with van der Waals surface area (Å²) in [5, 5.41) is 4.03. The minimum atomic E-state index is -0.204. The maximum Gasteiger partial charge on any atom is 0.262 e. The lowest BCUT2D eigenvalue weighted by atomic mass is 10.1. The van der Waals surface area contributed by atoms with Crippen LogP contribution in [0.2, 0.25) is 5.02 Å². The number of amides is 1. The molecule has 0 aliphatic heterocycles. The Balaban J connectivity index is 1.54. The van der Waals surface area contributed by atoms with Gasteiger partial charge in [0.1, 0.15) is 0 Å². The molecular formula is C24H20ClN3O2S. The number of fused-ring (bicyclic) bond motifs is 1. The van der Waals surface area contributed by atoms with Crippen LogP contribution in [0.15, 0.2) is 77.6 Å². The number of carbonyl (C=O) groups is 1. The second-order valence-corrected chi connectivity index (χ2v) is 8.02. The average molecular weight is 450 g/mol. The first kappa shape index (κ1) is 21.0. The highest BCUT2D eigenvalue weighted by atomic mass is 35.5. The fourth-order valence-electron chi connectivity index (χ4n) is 3.38. The van der Waals surface area contributed by atoms with Crippen LogP contribution in [-0.4, -0.2) is 22.0 Å². The molecule has 2 N–H and O–H groups in total. The van der Waals surface area contributed by atoms with Crippen molar-refractivity contribution in [3.8, 4) is 0 Å². The first-order chi connectivity index (χ1) is 15.0. The Bertz CT molecular complexity index is 1350. The molecule has 7 heteroatoms. The van der Waals surface area contributed by atoms with Gasteiger partial charge in [0.2, 0.25) is 0 Å². The fourth-order valence-corrected chi connectivity index (χ4v) is 3.76. The predicted molar refractivity (Wildman–Crippen MR) is 126 cm³/mol. The van der Waals surface area contributed by atoms with Crippen molar-refractivity contribution in [2.24, 2.45) is 0 Å². The van der Waals surface area contributed by atoms with Crippen LogP contribution < -0.4 is 10.9 Å². The second kappa shape index (κ2) is 9.29. The van der Waals surface area contributed by atoms with Gasteiger partial charge in [0.15, 0.2) is 4.77 Å². The third kappa shape index (κ3) is 4.93. The molecule has 156 valence electrons. The zero-order valence-corrected chi connectivity index (χ0v) is 18.2. The summed E-state index contributed by atoms with van der Waals surface area (Å²) >= 11 is 11.3. The lowest BCUT2D eigenvalue weighted by molar-refractivity contribution is 0.0954. The summed E-state index contributed by atoms with van der Waals surface area (Å²) in [4.78, 5) is 28.6. The molecule has 0 aliphatic rings. The summed E-state index contributed by atoms with van der Waals surface area (Å²) in [6, 6.07) is 22.2. The highest BCUT2D eigenvalue weighted by molar-refractivity contribution is 7.71. The monoisotopic (exact) mass is 449 g/mol. The van der Waals surface area contributed by atoms with Crippen LogP contribution in [0.4, 0.5) is 0 Å². The third-order valence-electron chi connectivity index (χ3n) is 5.04. The standard InChI is InChI=1S/C24H20ClN3O2S/c25-19-9-6-17(7-10-19)15-28-23(30)20-11-8-18(14-21(20)27-24(28)31)22(29)26-13-12-16-4-2-1-3-5-16/h1-11,14H,12-13,15H2,(H,26,29)(H,27,31). The zero-order chi connectivity index (χ0) is 21.8. The summed E-state index contributed by atoms with van der Waals surface area (Å²) in [6.07, 6.45) is 0.748. The van der Waals surface area contributed by atoms with E-state index < -0.39 is 0 Å². The highest BCUT2D eigenvalue weighted by Gasteiger charge is 2.11. The SMILES string of the molecule is O=C(NCCc1ccccc1)c1ccc2c(=O)n(Cc3ccc(Cl)cc3)c(=S)[nH]c2c1. The third-order valence-corrected chi connectivity index (χ3v) is 5.61. The Morgan fingerprint density at radius 3 is 2.48 bits per heavy atom. The van der Waals surface area contributed by atoms with Gasteiger partial charge in [-0.3, -0.25) is 14.2 Å². The van der Waals surface area contributed by atoms with Crippen LogP contribution in [0.3, 0.4) is 0 Å². The molecule has 5 nitrogen and oxygen atoms in total. The molecule has 1 amide bonds. The number of carbonyl (C=O) groups excluding carboxylic acids is 1. The van der Waals surface area contributed by atoms with Gasteiger partial charge in [-0.2, -0.15) is 0 Å². The van der Waals surface area contributed by atoms with Crippen molar-refractivity contribution in [1.82, 2.24) is 14.9 Å². The van der Waals surface area contributed by atoms with Crippen molar-refractivity contribution in [1.29, 1.82) is 0 Å². The zero-order valence-electron chi connectivity index (χ0n) is 16.6. The number of hydrogen-bond acceptors (Lipinski definition) is 3. The Kier molecular flexibility index (Phi) is 6.30. The molecule has 0 aliphatic carbocycles. The van der Waals surface area contributed by atoms with Crippen molar-refractivity contribution in [3.05, 3.63) is 110 Å². The van der Waals surface area contributed by atoms with Crippen LogP contribution in [0.5, 0.6) is 0 Å². The lowest BCUT2D eigenvalue weighted by Gasteiger charge is -2.10. The van der Waals surface area contributed by atoms with Gasteiger partial charge in [-0.1, -0.05) is 54.1 Å². The largest absolute Gasteiger partial charge is 0.352 e. The molecule has 0 fully saturated rings. The van der Waals surface area contributed by atoms with Crippen molar-refractivity contribution < 1.29 is 4.79 Å². The minimum absolute atomic E-state index is 0.192. The number of hydrogen-bond donors (Lipinski definition) is 2. The molecule has 0 bridgehead atoms. The van der Waals surface area contributed by atoms with Crippen LogP contribution in [0.1, 0.15) is 21.5 Å². The Morgan fingerprint density at radius 2 is 1.74 bits per heavy atom. The van der Waals surface area contributed by atoms with Crippen LogP contribution in [0.25, 0.3) is 10.9 Å². The normalized spacial score (nSPS) is 10.9. The summed E-state index contributed by atoms with van der Waals surface area (Å²) in [6.45, 7) is 0.864. The molecule has 0 atom stereocenters. The molecule has 4 rings (SSSR count). The molecule has 0 spiro atoms. The van der Waals surface area contributed by atoms with Gasteiger partial charge in [0.05, 0.1) is 17.4 Å². The molecule has 0 radical (unpaired) electrons. The first-order valence-electron chi connectivity index (χ1n) is 9.85. The minimum Gasteiger partial charge on any atom is -0.352 e. The highest BCUT2D eigenvalue weighted by Crippen LogP contribution is 2.13.